The highest BCUT2D eigenvalue weighted by atomic mass is 32.2. The Bertz CT molecular complexity index is 287. The average Bonchev–Trinajstić information content (AvgIpc) is 2.21. The molecule has 14 heavy (non-hydrogen) atoms. The standard InChI is InChI=1S/C11H15O2S/c1-4-12-9-7-6-8-10(14-3)11(9)13-5-2/h6-8H,3-5H2,1-2H3. The lowest BCUT2D eigenvalue weighted by Gasteiger charge is -2.13. The van der Waals surface area contributed by atoms with E-state index in [4.69, 9.17) is 9.47 Å². The normalized spacial score (nSPS) is 9.93. The molecule has 0 aliphatic heterocycles. The van der Waals surface area contributed by atoms with E-state index in [9.17, 15) is 0 Å². The molecule has 0 bridgehead atoms. The van der Waals surface area contributed by atoms with Crippen LogP contribution in [0.15, 0.2) is 23.1 Å². The van der Waals surface area contributed by atoms with Gasteiger partial charge in [-0.1, -0.05) is 6.07 Å². The van der Waals surface area contributed by atoms with E-state index in [1.165, 1.54) is 11.8 Å². The highest BCUT2D eigenvalue weighted by molar-refractivity contribution is 8.00. The zero-order valence-electron chi connectivity index (χ0n) is 8.58. The Morgan fingerprint density at radius 3 is 2.50 bits per heavy atom. The van der Waals surface area contributed by atoms with Crippen LogP contribution in [0.25, 0.3) is 0 Å². The molecule has 77 valence electrons. The highest BCUT2D eigenvalue weighted by Gasteiger charge is 2.09. The number of para-hydroxylation sites is 1. The molecule has 1 aromatic rings. The van der Waals surface area contributed by atoms with Crippen LogP contribution in [0.5, 0.6) is 11.5 Å². The predicted octanol–water partition coefficient (Wildman–Crippen LogP) is 3.37. The first-order chi connectivity index (χ1) is 6.83. The molecule has 0 saturated carbocycles. The van der Waals surface area contributed by atoms with Crippen molar-refractivity contribution < 1.29 is 9.47 Å². The van der Waals surface area contributed by atoms with Crippen LogP contribution in [-0.2, 0) is 0 Å². The van der Waals surface area contributed by atoms with Gasteiger partial charge >= 0.3 is 0 Å². The van der Waals surface area contributed by atoms with Gasteiger partial charge in [0.2, 0.25) is 0 Å². The maximum atomic E-state index is 5.53. The number of thioether (sulfide) groups is 1. The summed E-state index contributed by atoms with van der Waals surface area (Å²) in [6.07, 6.45) is 3.78. The van der Waals surface area contributed by atoms with E-state index in [1.807, 2.05) is 32.0 Å². The summed E-state index contributed by atoms with van der Waals surface area (Å²) in [5.41, 5.74) is 0. The van der Waals surface area contributed by atoms with Crippen LogP contribution < -0.4 is 9.47 Å². The molecule has 2 nitrogen and oxygen atoms in total. The highest BCUT2D eigenvalue weighted by Crippen LogP contribution is 2.37. The van der Waals surface area contributed by atoms with E-state index < -0.39 is 0 Å². The summed E-state index contributed by atoms with van der Waals surface area (Å²) >= 11 is 1.42. The summed E-state index contributed by atoms with van der Waals surface area (Å²) in [6, 6.07) is 5.83. The molecule has 0 spiro atoms. The summed E-state index contributed by atoms with van der Waals surface area (Å²) in [5, 5.41) is 0. The van der Waals surface area contributed by atoms with Gasteiger partial charge in [0.25, 0.3) is 0 Å². The fraction of sp³-hybridized carbons (Fsp3) is 0.364. The lowest BCUT2D eigenvalue weighted by molar-refractivity contribution is 0.282. The van der Waals surface area contributed by atoms with Crippen molar-refractivity contribution in [2.75, 3.05) is 13.2 Å². The van der Waals surface area contributed by atoms with Gasteiger partial charge in [0, 0.05) is 6.26 Å². The first-order valence-corrected chi connectivity index (χ1v) is 5.62. The molecule has 0 amide bonds. The molecular formula is C11H15O2S. The van der Waals surface area contributed by atoms with Gasteiger partial charge in [-0.05, 0) is 26.0 Å². The third kappa shape index (κ3) is 2.58. The van der Waals surface area contributed by atoms with E-state index >= 15 is 0 Å². The van der Waals surface area contributed by atoms with Crippen LogP contribution in [0, 0.1) is 6.26 Å². The molecule has 1 rings (SSSR count). The van der Waals surface area contributed by atoms with Crippen molar-refractivity contribution in [3.63, 3.8) is 0 Å². The Kier molecular flexibility index (Phi) is 4.66. The Morgan fingerprint density at radius 2 is 1.93 bits per heavy atom. The SMILES string of the molecule is [CH2]Sc1cccc(OCC)c1OCC. The molecule has 3 heteroatoms. The van der Waals surface area contributed by atoms with Crippen molar-refractivity contribution in [2.45, 2.75) is 18.7 Å². The Labute approximate surface area is 89.6 Å². The summed E-state index contributed by atoms with van der Waals surface area (Å²) in [6.45, 7) is 5.20. The smallest absolute Gasteiger partial charge is 0.174 e. The minimum atomic E-state index is 0.637. The van der Waals surface area contributed by atoms with Gasteiger partial charge in [-0.25, -0.2) is 0 Å². The number of hydrogen-bond donors (Lipinski definition) is 0. The zero-order chi connectivity index (χ0) is 10.4. The van der Waals surface area contributed by atoms with Gasteiger partial charge in [-0.2, -0.15) is 0 Å². The minimum Gasteiger partial charge on any atom is -0.490 e. The molecule has 0 heterocycles. The van der Waals surface area contributed by atoms with Gasteiger partial charge in [0.1, 0.15) is 0 Å². The van der Waals surface area contributed by atoms with Crippen molar-refractivity contribution in [2.24, 2.45) is 0 Å². The van der Waals surface area contributed by atoms with Gasteiger partial charge < -0.3 is 9.47 Å². The van der Waals surface area contributed by atoms with Crippen molar-refractivity contribution >= 4 is 11.8 Å². The van der Waals surface area contributed by atoms with Gasteiger partial charge in [-0.3, -0.25) is 0 Å². The lowest BCUT2D eigenvalue weighted by atomic mass is 10.3. The maximum Gasteiger partial charge on any atom is 0.174 e. The molecular weight excluding hydrogens is 196 g/mol. The van der Waals surface area contributed by atoms with Crippen LogP contribution in [0.3, 0.4) is 0 Å². The largest absolute Gasteiger partial charge is 0.490 e. The summed E-state index contributed by atoms with van der Waals surface area (Å²) in [7, 11) is 0. The topological polar surface area (TPSA) is 18.5 Å². The second kappa shape index (κ2) is 5.81. The van der Waals surface area contributed by atoms with Crippen molar-refractivity contribution in [1.82, 2.24) is 0 Å². The first-order valence-electron chi connectivity index (χ1n) is 4.64. The van der Waals surface area contributed by atoms with E-state index in [0.717, 1.165) is 16.4 Å². The van der Waals surface area contributed by atoms with Crippen LogP contribution in [0.2, 0.25) is 0 Å². The van der Waals surface area contributed by atoms with Crippen molar-refractivity contribution in [1.29, 1.82) is 0 Å². The molecule has 0 unspecified atom stereocenters. The first kappa shape index (κ1) is 11.2. The zero-order valence-corrected chi connectivity index (χ0v) is 9.39. The molecule has 0 aliphatic rings. The molecule has 0 saturated heterocycles. The lowest BCUT2D eigenvalue weighted by Crippen LogP contribution is -1.99. The molecule has 0 aromatic heterocycles. The minimum absolute atomic E-state index is 0.637. The van der Waals surface area contributed by atoms with Crippen molar-refractivity contribution in [3.8, 4) is 11.5 Å². The van der Waals surface area contributed by atoms with E-state index in [0.29, 0.717) is 13.2 Å². The fourth-order valence-electron chi connectivity index (χ4n) is 1.17. The van der Waals surface area contributed by atoms with E-state index in [2.05, 4.69) is 6.26 Å². The Hall–Kier alpha value is -0.830. The van der Waals surface area contributed by atoms with Crippen LogP contribution in [0.4, 0.5) is 0 Å². The predicted molar refractivity (Wildman–Crippen MR) is 60.0 cm³/mol. The van der Waals surface area contributed by atoms with Gasteiger partial charge in [0.15, 0.2) is 11.5 Å². The third-order valence-electron chi connectivity index (χ3n) is 1.69. The molecule has 0 fully saturated rings. The fourth-order valence-corrected chi connectivity index (χ4v) is 1.63. The third-order valence-corrected chi connectivity index (χ3v) is 2.32. The summed E-state index contributed by atoms with van der Waals surface area (Å²) in [5.74, 6) is 1.60. The number of benzene rings is 1. The maximum absolute atomic E-state index is 5.53. The molecule has 0 N–H and O–H groups in total. The number of hydrogen-bond acceptors (Lipinski definition) is 3. The molecule has 0 atom stereocenters. The molecule has 1 radical (unpaired) electrons. The van der Waals surface area contributed by atoms with Crippen molar-refractivity contribution in [3.05, 3.63) is 24.5 Å². The Balaban J connectivity index is 3.00. The monoisotopic (exact) mass is 211 g/mol. The number of ether oxygens (including phenoxy) is 2. The Morgan fingerprint density at radius 1 is 1.21 bits per heavy atom. The molecule has 1 aromatic carbocycles. The van der Waals surface area contributed by atoms with E-state index in [-0.39, 0.29) is 0 Å². The summed E-state index contributed by atoms with van der Waals surface area (Å²) < 4.78 is 11.0. The van der Waals surface area contributed by atoms with Crippen LogP contribution >= 0.6 is 11.8 Å². The summed E-state index contributed by atoms with van der Waals surface area (Å²) in [4.78, 5) is 1.01. The second-order valence-corrected chi connectivity index (χ2v) is 3.32. The second-order valence-electron chi connectivity index (χ2n) is 2.59. The van der Waals surface area contributed by atoms with Crippen LogP contribution in [-0.4, -0.2) is 13.2 Å². The van der Waals surface area contributed by atoms with Crippen LogP contribution in [0.1, 0.15) is 13.8 Å². The number of rotatable bonds is 5. The average molecular weight is 211 g/mol. The molecule has 0 aliphatic carbocycles. The van der Waals surface area contributed by atoms with Gasteiger partial charge in [0.05, 0.1) is 18.1 Å². The van der Waals surface area contributed by atoms with E-state index in [1.54, 1.807) is 0 Å². The van der Waals surface area contributed by atoms with Gasteiger partial charge in [-0.15, -0.1) is 11.8 Å². The quantitative estimate of drug-likeness (QED) is 0.696.